The van der Waals surface area contributed by atoms with Crippen molar-refractivity contribution in [3.63, 3.8) is 0 Å². The number of benzene rings is 1. The Morgan fingerprint density at radius 1 is 1.14 bits per heavy atom. The fraction of sp³-hybridized carbons (Fsp3) is 0.500. The molecular formula is C18H21ClN4O3S2. The van der Waals surface area contributed by atoms with Gasteiger partial charge in [-0.05, 0) is 43.9 Å². The second-order valence-corrected chi connectivity index (χ2v) is 10.5. The zero-order valence-corrected chi connectivity index (χ0v) is 17.6. The van der Waals surface area contributed by atoms with Crippen LogP contribution in [-0.2, 0) is 10.0 Å². The largest absolute Gasteiger partial charge is 0.296 e. The summed E-state index contributed by atoms with van der Waals surface area (Å²) in [5, 5.41) is 12.3. The fourth-order valence-electron chi connectivity index (χ4n) is 3.21. The first-order chi connectivity index (χ1) is 13.4. The third kappa shape index (κ3) is 4.22. The van der Waals surface area contributed by atoms with Gasteiger partial charge in [0.1, 0.15) is 9.90 Å². The minimum atomic E-state index is -3.75. The van der Waals surface area contributed by atoms with Crippen molar-refractivity contribution < 1.29 is 13.2 Å². The molecule has 2 aromatic rings. The van der Waals surface area contributed by atoms with Crippen LogP contribution < -0.4 is 5.32 Å². The van der Waals surface area contributed by atoms with Gasteiger partial charge in [-0.15, -0.1) is 10.2 Å². The lowest BCUT2D eigenvalue weighted by molar-refractivity contribution is 0.102. The Bertz CT molecular complexity index is 980. The maximum absolute atomic E-state index is 13.1. The number of nitrogens with zero attached hydrogens (tertiary/aromatic N) is 3. The predicted molar refractivity (Wildman–Crippen MR) is 109 cm³/mol. The van der Waals surface area contributed by atoms with Crippen molar-refractivity contribution >= 4 is 44.0 Å². The van der Waals surface area contributed by atoms with Crippen LogP contribution in [0.15, 0.2) is 23.1 Å². The van der Waals surface area contributed by atoms with Gasteiger partial charge in [-0.25, -0.2) is 8.42 Å². The third-order valence-electron chi connectivity index (χ3n) is 4.96. The number of carbonyl (C=O) groups is 1. The second kappa shape index (κ2) is 8.06. The smallest absolute Gasteiger partial charge is 0.257 e. The normalized spacial score (nSPS) is 18.6. The fourth-order valence-corrected chi connectivity index (χ4v) is 6.14. The molecule has 0 radical (unpaired) electrons. The molecule has 10 heteroatoms. The summed E-state index contributed by atoms with van der Waals surface area (Å²) in [5.74, 6) is 0.0338. The summed E-state index contributed by atoms with van der Waals surface area (Å²) >= 11 is 7.55. The monoisotopic (exact) mass is 440 g/mol. The SMILES string of the molecule is O=C(Nc1nnc(C2CC2)s1)c1ccc(Cl)c(S(=O)(=O)N2CCCCCC2)c1. The first kappa shape index (κ1) is 19.8. The predicted octanol–water partition coefficient (Wildman–Crippen LogP) is 3.89. The van der Waals surface area contributed by atoms with Crippen molar-refractivity contribution in [2.75, 3.05) is 18.4 Å². The molecule has 0 spiro atoms. The van der Waals surface area contributed by atoms with Gasteiger partial charge < -0.3 is 0 Å². The van der Waals surface area contributed by atoms with E-state index in [4.69, 9.17) is 11.6 Å². The minimum Gasteiger partial charge on any atom is -0.296 e. The zero-order chi connectivity index (χ0) is 19.7. The molecule has 1 amide bonds. The molecule has 1 saturated heterocycles. The van der Waals surface area contributed by atoms with E-state index in [-0.39, 0.29) is 15.5 Å². The molecule has 1 aromatic carbocycles. The van der Waals surface area contributed by atoms with Gasteiger partial charge in [0.25, 0.3) is 5.91 Å². The van der Waals surface area contributed by atoms with E-state index in [9.17, 15) is 13.2 Å². The van der Waals surface area contributed by atoms with Crippen LogP contribution in [-0.4, -0.2) is 41.9 Å². The lowest BCUT2D eigenvalue weighted by atomic mass is 10.2. The van der Waals surface area contributed by atoms with Gasteiger partial charge in [-0.3, -0.25) is 10.1 Å². The van der Waals surface area contributed by atoms with Crippen LogP contribution in [0, 0.1) is 0 Å². The van der Waals surface area contributed by atoms with Crippen molar-refractivity contribution in [2.24, 2.45) is 0 Å². The lowest BCUT2D eigenvalue weighted by Gasteiger charge is -2.21. The number of rotatable bonds is 5. The molecule has 0 bridgehead atoms. The molecule has 1 N–H and O–H groups in total. The summed E-state index contributed by atoms with van der Waals surface area (Å²) in [5.41, 5.74) is 0.223. The van der Waals surface area contributed by atoms with Gasteiger partial charge in [-0.2, -0.15) is 4.31 Å². The van der Waals surface area contributed by atoms with Crippen LogP contribution in [0.25, 0.3) is 0 Å². The number of hydrogen-bond donors (Lipinski definition) is 1. The highest BCUT2D eigenvalue weighted by molar-refractivity contribution is 7.89. The minimum absolute atomic E-state index is 0.0281. The van der Waals surface area contributed by atoms with Gasteiger partial charge in [0, 0.05) is 24.6 Å². The van der Waals surface area contributed by atoms with E-state index < -0.39 is 15.9 Å². The summed E-state index contributed by atoms with van der Waals surface area (Å²) < 4.78 is 27.6. The molecule has 28 heavy (non-hydrogen) atoms. The molecule has 0 unspecified atom stereocenters. The van der Waals surface area contributed by atoms with Crippen LogP contribution in [0.1, 0.15) is 59.8 Å². The molecule has 150 valence electrons. The molecule has 2 fully saturated rings. The van der Waals surface area contributed by atoms with Crippen LogP contribution in [0.3, 0.4) is 0 Å². The van der Waals surface area contributed by atoms with Crippen molar-refractivity contribution in [1.29, 1.82) is 0 Å². The molecule has 1 aliphatic carbocycles. The molecule has 7 nitrogen and oxygen atoms in total. The van der Waals surface area contributed by atoms with Gasteiger partial charge in [-0.1, -0.05) is 35.8 Å². The lowest BCUT2D eigenvalue weighted by Crippen LogP contribution is -2.32. The molecule has 2 heterocycles. The highest BCUT2D eigenvalue weighted by Gasteiger charge is 2.29. The molecular weight excluding hydrogens is 420 g/mol. The quantitative estimate of drug-likeness (QED) is 0.761. The third-order valence-corrected chi connectivity index (χ3v) is 8.35. The average molecular weight is 441 g/mol. The Morgan fingerprint density at radius 3 is 2.54 bits per heavy atom. The van der Waals surface area contributed by atoms with Crippen LogP contribution in [0.2, 0.25) is 5.02 Å². The maximum atomic E-state index is 13.1. The molecule has 4 rings (SSSR count). The highest BCUT2D eigenvalue weighted by Crippen LogP contribution is 2.42. The van der Waals surface area contributed by atoms with Crippen LogP contribution in [0.5, 0.6) is 0 Å². The first-order valence-corrected chi connectivity index (χ1v) is 12.0. The van der Waals surface area contributed by atoms with E-state index in [1.165, 1.54) is 33.8 Å². The van der Waals surface area contributed by atoms with Gasteiger partial charge in [0.15, 0.2) is 0 Å². The van der Waals surface area contributed by atoms with E-state index in [0.29, 0.717) is 24.1 Å². The molecule has 0 atom stereocenters. The number of anilines is 1. The van der Waals surface area contributed by atoms with Crippen LogP contribution in [0.4, 0.5) is 5.13 Å². The Balaban J connectivity index is 1.56. The Hall–Kier alpha value is -1.55. The van der Waals surface area contributed by atoms with Gasteiger partial charge in [0.05, 0.1) is 5.02 Å². The summed E-state index contributed by atoms with van der Waals surface area (Å²) in [4.78, 5) is 12.6. The Labute approximate surface area is 173 Å². The summed E-state index contributed by atoms with van der Waals surface area (Å²) in [6.07, 6.45) is 5.92. The molecule has 1 aromatic heterocycles. The second-order valence-electron chi connectivity index (χ2n) is 7.14. The number of amides is 1. The van der Waals surface area contributed by atoms with Crippen molar-refractivity contribution in [1.82, 2.24) is 14.5 Å². The topological polar surface area (TPSA) is 92.3 Å². The number of hydrogen-bond acceptors (Lipinski definition) is 6. The number of sulfonamides is 1. The Kier molecular flexibility index (Phi) is 5.69. The Morgan fingerprint density at radius 2 is 1.86 bits per heavy atom. The maximum Gasteiger partial charge on any atom is 0.257 e. The number of aromatic nitrogens is 2. The summed E-state index contributed by atoms with van der Waals surface area (Å²) in [6.45, 7) is 0.952. The van der Waals surface area contributed by atoms with E-state index in [1.54, 1.807) is 0 Å². The number of carbonyl (C=O) groups excluding carboxylic acids is 1. The molecule has 1 aliphatic heterocycles. The van der Waals surface area contributed by atoms with E-state index in [1.807, 2.05) is 0 Å². The van der Waals surface area contributed by atoms with Crippen molar-refractivity contribution in [3.05, 3.63) is 33.8 Å². The number of nitrogens with one attached hydrogen (secondary N) is 1. The van der Waals surface area contributed by atoms with Crippen molar-refractivity contribution in [2.45, 2.75) is 49.3 Å². The first-order valence-electron chi connectivity index (χ1n) is 9.39. The summed E-state index contributed by atoms with van der Waals surface area (Å²) in [6, 6.07) is 4.32. The van der Waals surface area contributed by atoms with Crippen molar-refractivity contribution in [3.8, 4) is 0 Å². The van der Waals surface area contributed by atoms with E-state index >= 15 is 0 Å². The molecule has 1 saturated carbocycles. The van der Waals surface area contributed by atoms with E-state index in [0.717, 1.165) is 43.5 Å². The van der Waals surface area contributed by atoms with Gasteiger partial charge in [0.2, 0.25) is 15.2 Å². The number of halogens is 1. The highest BCUT2D eigenvalue weighted by atomic mass is 35.5. The van der Waals surface area contributed by atoms with E-state index in [2.05, 4.69) is 15.5 Å². The summed E-state index contributed by atoms with van der Waals surface area (Å²) in [7, 11) is -3.75. The van der Waals surface area contributed by atoms with Crippen LogP contribution >= 0.6 is 22.9 Å². The molecule has 2 aliphatic rings. The van der Waals surface area contributed by atoms with Gasteiger partial charge >= 0.3 is 0 Å². The standard InChI is InChI=1S/C18H21ClN4O3S2/c19-14-8-7-13(16(24)20-18-22-21-17(27-18)12-5-6-12)11-15(14)28(25,26)23-9-3-1-2-4-10-23/h7-8,11-12H,1-6,9-10H2,(H,20,22,24). The zero-order valence-electron chi connectivity index (χ0n) is 15.2. The average Bonchev–Trinajstić information content (AvgIpc) is 3.47.